The van der Waals surface area contributed by atoms with Gasteiger partial charge in [-0.25, -0.2) is 0 Å². The Hall–Kier alpha value is -2.35. The van der Waals surface area contributed by atoms with Crippen LogP contribution in [0.3, 0.4) is 0 Å². The zero-order valence-electron chi connectivity index (χ0n) is 13.0. The number of pyridine rings is 1. The number of benzene rings is 2. The second-order valence-electron chi connectivity index (χ2n) is 5.48. The van der Waals surface area contributed by atoms with E-state index in [1.54, 1.807) is 0 Å². The molecule has 0 saturated heterocycles. The third-order valence-corrected chi connectivity index (χ3v) is 3.77. The van der Waals surface area contributed by atoms with Crippen LogP contribution in [0.25, 0.3) is 10.8 Å². The zero-order chi connectivity index (χ0) is 15.2. The third-order valence-electron chi connectivity index (χ3n) is 3.77. The molecule has 112 valence electrons. The number of aromatic nitrogens is 1. The summed E-state index contributed by atoms with van der Waals surface area (Å²) in [6.45, 7) is 2.86. The lowest BCUT2D eigenvalue weighted by atomic mass is 10.0. The number of hydrogen-bond donors (Lipinski definition) is 0. The number of fused-ring (bicyclic) bond motifs is 1. The van der Waals surface area contributed by atoms with E-state index in [0.717, 1.165) is 37.3 Å². The van der Waals surface area contributed by atoms with E-state index in [-0.39, 0.29) is 0 Å². The van der Waals surface area contributed by atoms with Gasteiger partial charge in [0.05, 0.1) is 12.3 Å². The van der Waals surface area contributed by atoms with Crippen molar-refractivity contribution in [3.05, 3.63) is 72.1 Å². The van der Waals surface area contributed by atoms with Crippen molar-refractivity contribution in [2.75, 3.05) is 6.61 Å². The minimum Gasteiger partial charge on any atom is -0.492 e. The smallest absolute Gasteiger partial charge is 0.140 e. The highest BCUT2D eigenvalue weighted by Gasteiger charge is 2.05. The zero-order valence-corrected chi connectivity index (χ0v) is 13.0. The molecule has 0 N–H and O–H groups in total. The summed E-state index contributed by atoms with van der Waals surface area (Å²) in [5, 5.41) is 2.58. The van der Waals surface area contributed by atoms with Crippen LogP contribution in [-0.4, -0.2) is 11.6 Å². The molecule has 2 heteroatoms. The Morgan fingerprint density at radius 3 is 2.64 bits per heavy atom. The van der Waals surface area contributed by atoms with E-state index in [1.165, 1.54) is 16.3 Å². The van der Waals surface area contributed by atoms with Crippen molar-refractivity contribution in [3.63, 3.8) is 0 Å². The van der Waals surface area contributed by atoms with E-state index in [9.17, 15) is 0 Å². The normalized spacial score (nSPS) is 10.8. The minimum atomic E-state index is 0.745. The van der Waals surface area contributed by atoms with Crippen LogP contribution in [0.5, 0.6) is 5.75 Å². The minimum absolute atomic E-state index is 0.745. The highest BCUT2D eigenvalue weighted by atomic mass is 16.5. The molecule has 0 aliphatic heterocycles. The predicted octanol–water partition coefficient (Wildman–Crippen LogP) is 4.81. The van der Waals surface area contributed by atoms with Crippen molar-refractivity contribution < 1.29 is 4.74 Å². The number of nitrogens with zero attached hydrogens (tertiary/aromatic N) is 1. The first kappa shape index (κ1) is 14.6. The molecule has 0 saturated carbocycles. The van der Waals surface area contributed by atoms with Gasteiger partial charge in [-0.1, -0.05) is 49.4 Å². The van der Waals surface area contributed by atoms with E-state index in [0.29, 0.717) is 0 Å². The lowest BCUT2D eigenvalue weighted by Gasteiger charge is -2.10. The van der Waals surface area contributed by atoms with Crippen molar-refractivity contribution in [3.8, 4) is 5.75 Å². The van der Waals surface area contributed by atoms with Gasteiger partial charge in [-0.05, 0) is 47.7 Å². The Balaban J connectivity index is 1.73. The van der Waals surface area contributed by atoms with Gasteiger partial charge in [0.2, 0.25) is 0 Å². The second kappa shape index (κ2) is 7.08. The number of ether oxygens (including phenoxy) is 1. The van der Waals surface area contributed by atoms with Gasteiger partial charge >= 0.3 is 0 Å². The van der Waals surface area contributed by atoms with E-state index < -0.39 is 0 Å². The molecule has 0 bridgehead atoms. The van der Waals surface area contributed by atoms with E-state index in [2.05, 4.69) is 54.4 Å². The van der Waals surface area contributed by atoms with Crippen LogP contribution >= 0.6 is 0 Å². The van der Waals surface area contributed by atoms with Crippen molar-refractivity contribution in [1.82, 2.24) is 4.98 Å². The molecule has 22 heavy (non-hydrogen) atoms. The summed E-state index contributed by atoms with van der Waals surface area (Å²) in [4.78, 5) is 4.48. The number of hydrogen-bond acceptors (Lipinski definition) is 2. The Morgan fingerprint density at radius 2 is 1.77 bits per heavy atom. The fraction of sp³-hybridized carbons (Fsp3) is 0.250. The molecule has 2 aromatic carbocycles. The Bertz CT molecular complexity index is 751. The number of aryl methyl sites for hydroxylation is 2. The van der Waals surface area contributed by atoms with E-state index >= 15 is 0 Å². The van der Waals surface area contributed by atoms with Gasteiger partial charge in [0.25, 0.3) is 0 Å². The van der Waals surface area contributed by atoms with Crippen LogP contribution in [0.15, 0.2) is 60.8 Å². The molecule has 0 unspecified atom stereocenters. The van der Waals surface area contributed by atoms with Crippen molar-refractivity contribution >= 4 is 10.8 Å². The van der Waals surface area contributed by atoms with Gasteiger partial charge in [0, 0.05) is 6.20 Å². The van der Waals surface area contributed by atoms with Crippen LogP contribution in [-0.2, 0) is 12.8 Å². The third kappa shape index (κ3) is 3.45. The summed E-state index contributed by atoms with van der Waals surface area (Å²) in [5.74, 6) is 0.921. The largest absolute Gasteiger partial charge is 0.492 e. The summed E-state index contributed by atoms with van der Waals surface area (Å²) in [7, 11) is 0. The van der Waals surface area contributed by atoms with Crippen LogP contribution in [0.2, 0.25) is 0 Å². The maximum atomic E-state index is 5.78. The molecule has 0 aliphatic carbocycles. The average Bonchev–Trinajstić information content (AvgIpc) is 2.58. The van der Waals surface area contributed by atoms with Gasteiger partial charge in [0.15, 0.2) is 0 Å². The van der Waals surface area contributed by atoms with Crippen LogP contribution in [0.1, 0.15) is 24.6 Å². The lowest BCUT2D eigenvalue weighted by molar-refractivity contribution is 0.312. The van der Waals surface area contributed by atoms with E-state index in [1.807, 2.05) is 18.3 Å². The molecule has 0 spiro atoms. The SMILES string of the molecule is CCCOc1cccnc1CCc1ccc2ccccc2c1. The number of rotatable bonds is 6. The van der Waals surface area contributed by atoms with Crippen molar-refractivity contribution in [1.29, 1.82) is 0 Å². The molecular formula is C20H21NO. The van der Waals surface area contributed by atoms with Gasteiger partial charge in [0.1, 0.15) is 5.75 Å². The van der Waals surface area contributed by atoms with Crippen molar-refractivity contribution in [2.24, 2.45) is 0 Å². The molecule has 3 rings (SSSR count). The molecule has 1 heterocycles. The summed E-state index contributed by atoms with van der Waals surface area (Å²) >= 11 is 0. The van der Waals surface area contributed by atoms with Gasteiger partial charge in [-0.3, -0.25) is 4.98 Å². The molecule has 0 atom stereocenters. The first-order valence-electron chi connectivity index (χ1n) is 7.91. The van der Waals surface area contributed by atoms with Gasteiger partial charge in [-0.15, -0.1) is 0 Å². The highest BCUT2D eigenvalue weighted by Crippen LogP contribution is 2.20. The Morgan fingerprint density at radius 1 is 0.909 bits per heavy atom. The molecule has 2 nitrogen and oxygen atoms in total. The molecule has 0 fully saturated rings. The standard InChI is InChI=1S/C20H21NO/c1-2-14-22-20-8-5-13-21-19(20)12-10-16-9-11-17-6-3-4-7-18(17)15-16/h3-9,11,13,15H,2,10,12,14H2,1H3. The lowest BCUT2D eigenvalue weighted by Crippen LogP contribution is -2.02. The quantitative estimate of drug-likeness (QED) is 0.650. The average molecular weight is 291 g/mol. The topological polar surface area (TPSA) is 22.1 Å². The van der Waals surface area contributed by atoms with Crippen LogP contribution in [0.4, 0.5) is 0 Å². The first-order valence-corrected chi connectivity index (χ1v) is 7.91. The highest BCUT2D eigenvalue weighted by molar-refractivity contribution is 5.82. The molecule has 1 aromatic heterocycles. The fourth-order valence-corrected chi connectivity index (χ4v) is 2.61. The summed E-state index contributed by atoms with van der Waals surface area (Å²) in [5.41, 5.74) is 2.38. The van der Waals surface area contributed by atoms with Crippen molar-refractivity contribution in [2.45, 2.75) is 26.2 Å². The first-order chi connectivity index (χ1) is 10.9. The van der Waals surface area contributed by atoms with Gasteiger partial charge in [-0.2, -0.15) is 0 Å². The summed E-state index contributed by atoms with van der Waals surface area (Å²) in [6.07, 6.45) is 4.73. The summed E-state index contributed by atoms with van der Waals surface area (Å²) < 4.78 is 5.78. The van der Waals surface area contributed by atoms with Crippen LogP contribution < -0.4 is 4.74 Å². The maximum absolute atomic E-state index is 5.78. The fourth-order valence-electron chi connectivity index (χ4n) is 2.61. The molecule has 3 aromatic rings. The van der Waals surface area contributed by atoms with Crippen LogP contribution in [0, 0.1) is 0 Å². The monoisotopic (exact) mass is 291 g/mol. The summed E-state index contributed by atoms with van der Waals surface area (Å²) in [6, 6.07) is 19.1. The Kier molecular flexibility index (Phi) is 4.69. The molecular weight excluding hydrogens is 270 g/mol. The molecule has 0 aliphatic rings. The Labute approximate surface area is 131 Å². The predicted molar refractivity (Wildman–Crippen MR) is 91.4 cm³/mol. The maximum Gasteiger partial charge on any atom is 0.140 e. The second-order valence-corrected chi connectivity index (χ2v) is 5.48. The van der Waals surface area contributed by atoms with E-state index in [4.69, 9.17) is 4.74 Å². The molecule has 0 radical (unpaired) electrons. The van der Waals surface area contributed by atoms with Gasteiger partial charge < -0.3 is 4.74 Å². The molecule has 0 amide bonds.